The van der Waals surface area contributed by atoms with Gasteiger partial charge in [-0.05, 0) is 19.1 Å². The molecule has 0 bridgehead atoms. The highest BCUT2D eigenvalue weighted by Gasteiger charge is 2.20. The number of ether oxygens (including phenoxy) is 1. The Labute approximate surface area is 152 Å². The van der Waals surface area contributed by atoms with Crippen molar-refractivity contribution >= 4 is 11.8 Å². The highest BCUT2D eigenvalue weighted by atomic mass is 16.5. The van der Waals surface area contributed by atoms with Gasteiger partial charge in [0.2, 0.25) is 11.8 Å². The molecule has 8 heteroatoms. The number of hydrogen-bond donors (Lipinski definition) is 2. The van der Waals surface area contributed by atoms with Gasteiger partial charge in [-0.1, -0.05) is 6.07 Å². The minimum absolute atomic E-state index is 0.0448. The summed E-state index contributed by atoms with van der Waals surface area (Å²) in [4.78, 5) is 25.4. The van der Waals surface area contributed by atoms with Crippen LogP contribution in [0.4, 0.5) is 0 Å². The Hall–Kier alpha value is -2.87. The van der Waals surface area contributed by atoms with Gasteiger partial charge in [0.25, 0.3) is 0 Å². The number of aromatic nitrogens is 2. The second-order valence-electron chi connectivity index (χ2n) is 6.27. The zero-order valence-electron chi connectivity index (χ0n) is 14.9. The zero-order chi connectivity index (χ0) is 18.5. The van der Waals surface area contributed by atoms with E-state index >= 15 is 0 Å². The van der Waals surface area contributed by atoms with Crippen molar-refractivity contribution in [2.24, 2.45) is 0 Å². The number of hydrogen-bond acceptors (Lipinski definition) is 5. The highest BCUT2D eigenvalue weighted by molar-refractivity contribution is 5.82. The molecule has 0 unspecified atom stereocenters. The van der Waals surface area contributed by atoms with Crippen LogP contribution >= 0.6 is 0 Å². The van der Waals surface area contributed by atoms with Gasteiger partial charge in [-0.2, -0.15) is 5.10 Å². The van der Waals surface area contributed by atoms with E-state index < -0.39 is 0 Å². The predicted octanol–water partition coefficient (Wildman–Crippen LogP) is 0.490. The maximum Gasteiger partial charge on any atom is 0.234 e. The second kappa shape index (κ2) is 8.01. The van der Waals surface area contributed by atoms with Crippen LogP contribution in [0.5, 0.6) is 5.75 Å². The van der Waals surface area contributed by atoms with Crippen molar-refractivity contribution in [2.45, 2.75) is 13.0 Å². The van der Waals surface area contributed by atoms with E-state index in [1.165, 1.54) is 0 Å². The van der Waals surface area contributed by atoms with E-state index in [-0.39, 0.29) is 30.9 Å². The van der Waals surface area contributed by atoms with Gasteiger partial charge in [-0.3, -0.25) is 14.5 Å². The molecule has 1 aromatic heterocycles. The van der Waals surface area contributed by atoms with E-state index in [1.807, 2.05) is 42.3 Å². The number of amides is 2. The SMILES string of the molecule is COc1cccc(-n2cc([C@H](C)NC(=O)CN3CCNC(=O)C3)cn2)c1. The number of methoxy groups -OCH3 is 1. The number of nitrogens with zero attached hydrogens (tertiary/aromatic N) is 3. The third-order valence-electron chi connectivity index (χ3n) is 4.28. The zero-order valence-corrected chi connectivity index (χ0v) is 14.9. The molecule has 3 rings (SSSR count). The largest absolute Gasteiger partial charge is 0.497 e. The summed E-state index contributed by atoms with van der Waals surface area (Å²) in [6, 6.07) is 7.42. The molecule has 1 atom stereocenters. The molecule has 1 fully saturated rings. The fourth-order valence-electron chi connectivity index (χ4n) is 2.85. The Morgan fingerprint density at radius 3 is 3.08 bits per heavy atom. The van der Waals surface area contributed by atoms with Crippen molar-refractivity contribution in [1.29, 1.82) is 0 Å². The van der Waals surface area contributed by atoms with Crippen LogP contribution in [-0.2, 0) is 9.59 Å². The van der Waals surface area contributed by atoms with Gasteiger partial charge in [0, 0.05) is 30.9 Å². The number of benzene rings is 1. The number of carbonyl (C=O) groups is 2. The molecule has 8 nitrogen and oxygen atoms in total. The van der Waals surface area contributed by atoms with Gasteiger partial charge < -0.3 is 15.4 Å². The molecule has 1 aliphatic heterocycles. The van der Waals surface area contributed by atoms with Gasteiger partial charge in [0.15, 0.2) is 0 Å². The number of nitrogens with one attached hydrogen (secondary N) is 2. The molecule has 0 saturated carbocycles. The molecule has 1 aromatic carbocycles. The minimum Gasteiger partial charge on any atom is -0.497 e. The van der Waals surface area contributed by atoms with Crippen LogP contribution in [0.1, 0.15) is 18.5 Å². The van der Waals surface area contributed by atoms with E-state index in [0.29, 0.717) is 13.1 Å². The first-order valence-electron chi connectivity index (χ1n) is 8.52. The molecule has 0 radical (unpaired) electrons. The lowest BCUT2D eigenvalue weighted by molar-refractivity contribution is -0.127. The summed E-state index contributed by atoms with van der Waals surface area (Å²) in [5.74, 6) is 0.601. The molecule has 1 saturated heterocycles. The molecule has 0 aliphatic carbocycles. The Bertz CT molecular complexity index is 789. The van der Waals surface area contributed by atoms with Crippen molar-refractivity contribution in [3.05, 3.63) is 42.2 Å². The average Bonchev–Trinajstić information content (AvgIpc) is 3.12. The van der Waals surface area contributed by atoms with E-state index in [9.17, 15) is 9.59 Å². The molecule has 26 heavy (non-hydrogen) atoms. The van der Waals surface area contributed by atoms with Crippen molar-refractivity contribution in [2.75, 3.05) is 33.3 Å². The molecular weight excluding hydrogens is 334 g/mol. The monoisotopic (exact) mass is 357 g/mol. The summed E-state index contributed by atoms with van der Waals surface area (Å²) in [5, 5.41) is 10.1. The maximum atomic E-state index is 12.2. The first-order valence-corrected chi connectivity index (χ1v) is 8.52. The molecule has 2 heterocycles. The van der Waals surface area contributed by atoms with Gasteiger partial charge in [-0.25, -0.2) is 4.68 Å². The normalized spacial score (nSPS) is 16.0. The van der Waals surface area contributed by atoms with E-state index in [1.54, 1.807) is 18.0 Å². The van der Waals surface area contributed by atoms with Gasteiger partial charge in [0.1, 0.15) is 5.75 Å². The fraction of sp³-hybridized carbons (Fsp3) is 0.389. The summed E-state index contributed by atoms with van der Waals surface area (Å²) in [6.07, 6.45) is 3.62. The lowest BCUT2D eigenvalue weighted by Gasteiger charge is -2.26. The summed E-state index contributed by atoms with van der Waals surface area (Å²) in [5.41, 5.74) is 1.78. The van der Waals surface area contributed by atoms with Crippen LogP contribution in [-0.4, -0.2) is 59.8 Å². The summed E-state index contributed by atoms with van der Waals surface area (Å²) in [7, 11) is 1.62. The summed E-state index contributed by atoms with van der Waals surface area (Å²) in [6.45, 7) is 3.64. The highest BCUT2D eigenvalue weighted by Crippen LogP contribution is 2.18. The standard InChI is InChI=1S/C18H23N5O3/c1-13(21-18(25)12-22-7-6-19-17(24)11-22)14-9-20-23(10-14)15-4-3-5-16(8-15)26-2/h3-5,8-10,13H,6-7,11-12H2,1-2H3,(H,19,24)(H,21,25)/t13-/m0/s1. The van der Waals surface area contributed by atoms with E-state index in [0.717, 1.165) is 17.0 Å². The number of piperazine rings is 1. The van der Waals surface area contributed by atoms with Crippen LogP contribution in [0, 0.1) is 0 Å². The van der Waals surface area contributed by atoms with Gasteiger partial charge in [-0.15, -0.1) is 0 Å². The van der Waals surface area contributed by atoms with Gasteiger partial charge in [0.05, 0.1) is 38.1 Å². The average molecular weight is 357 g/mol. The van der Waals surface area contributed by atoms with Crippen LogP contribution in [0.2, 0.25) is 0 Å². The quantitative estimate of drug-likeness (QED) is 0.786. The topological polar surface area (TPSA) is 88.5 Å². The molecular formula is C18H23N5O3. The number of rotatable bonds is 6. The third kappa shape index (κ3) is 4.40. The fourth-order valence-corrected chi connectivity index (χ4v) is 2.85. The Morgan fingerprint density at radius 1 is 1.46 bits per heavy atom. The van der Waals surface area contributed by atoms with Crippen LogP contribution < -0.4 is 15.4 Å². The Morgan fingerprint density at radius 2 is 2.31 bits per heavy atom. The predicted molar refractivity (Wildman–Crippen MR) is 96.1 cm³/mol. The van der Waals surface area contributed by atoms with Crippen molar-refractivity contribution in [1.82, 2.24) is 25.3 Å². The molecule has 138 valence electrons. The smallest absolute Gasteiger partial charge is 0.234 e. The van der Waals surface area contributed by atoms with Crippen molar-refractivity contribution in [3.8, 4) is 11.4 Å². The summed E-state index contributed by atoms with van der Waals surface area (Å²) < 4.78 is 6.98. The summed E-state index contributed by atoms with van der Waals surface area (Å²) >= 11 is 0. The maximum absolute atomic E-state index is 12.2. The molecule has 2 amide bonds. The van der Waals surface area contributed by atoms with E-state index in [4.69, 9.17) is 4.74 Å². The Kier molecular flexibility index (Phi) is 5.52. The van der Waals surface area contributed by atoms with Gasteiger partial charge >= 0.3 is 0 Å². The number of carbonyl (C=O) groups excluding carboxylic acids is 2. The molecule has 2 N–H and O–H groups in total. The lowest BCUT2D eigenvalue weighted by Crippen LogP contribution is -2.50. The second-order valence-corrected chi connectivity index (χ2v) is 6.27. The van der Waals surface area contributed by atoms with Crippen molar-refractivity contribution < 1.29 is 14.3 Å². The van der Waals surface area contributed by atoms with Crippen LogP contribution in [0.3, 0.4) is 0 Å². The van der Waals surface area contributed by atoms with E-state index in [2.05, 4.69) is 15.7 Å². The molecule has 0 spiro atoms. The Balaban J connectivity index is 1.59. The molecule has 1 aliphatic rings. The third-order valence-corrected chi connectivity index (χ3v) is 4.28. The van der Waals surface area contributed by atoms with Crippen LogP contribution in [0.15, 0.2) is 36.7 Å². The first-order chi connectivity index (χ1) is 12.5. The first kappa shape index (κ1) is 17.9. The van der Waals surface area contributed by atoms with Crippen LogP contribution in [0.25, 0.3) is 5.69 Å². The van der Waals surface area contributed by atoms with Crippen molar-refractivity contribution in [3.63, 3.8) is 0 Å². The minimum atomic E-state index is -0.180. The molecule has 2 aromatic rings. The lowest BCUT2D eigenvalue weighted by atomic mass is 10.2.